The summed E-state index contributed by atoms with van der Waals surface area (Å²) in [6, 6.07) is 8.22. The van der Waals surface area contributed by atoms with Crippen LogP contribution < -0.4 is 4.80 Å². The Morgan fingerprint density at radius 2 is 2.20 bits per heavy atom. The molecule has 0 aliphatic rings. The number of methoxy groups -OCH3 is 1. The molecule has 0 unspecified atom stereocenters. The minimum absolute atomic E-state index is 0.250. The zero-order chi connectivity index (χ0) is 17.8. The molecule has 0 bridgehead atoms. The van der Waals surface area contributed by atoms with Gasteiger partial charge in [-0.25, -0.2) is 0 Å². The number of fused-ring (bicyclic) bond motifs is 1. The lowest BCUT2D eigenvalue weighted by Gasteiger charge is -2.05. The first kappa shape index (κ1) is 17.8. The van der Waals surface area contributed by atoms with Crippen molar-refractivity contribution >= 4 is 44.9 Å². The van der Waals surface area contributed by atoms with Crippen LogP contribution in [0.15, 0.2) is 40.7 Å². The molecule has 0 aliphatic heterocycles. The molecule has 0 radical (unpaired) electrons. The van der Waals surface area contributed by atoms with E-state index in [1.54, 1.807) is 35.9 Å². The Labute approximate surface area is 154 Å². The van der Waals surface area contributed by atoms with Gasteiger partial charge < -0.3 is 9.30 Å². The number of aromatic nitrogens is 1. The zero-order valence-electron chi connectivity index (χ0n) is 14.5. The maximum atomic E-state index is 12.3. The van der Waals surface area contributed by atoms with Crippen molar-refractivity contribution in [1.29, 1.82) is 0 Å². The number of thiophene rings is 1. The number of hydrogen-bond donors (Lipinski definition) is 0. The van der Waals surface area contributed by atoms with Gasteiger partial charge in [0.25, 0.3) is 5.91 Å². The van der Waals surface area contributed by atoms with E-state index in [1.165, 1.54) is 17.2 Å². The predicted molar refractivity (Wildman–Crippen MR) is 105 cm³/mol. The second kappa shape index (κ2) is 7.91. The molecule has 2 heterocycles. The molecule has 25 heavy (non-hydrogen) atoms. The van der Waals surface area contributed by atoms with Gasteiger partial charge in [-0.3, -0.25) is 4.79 Å². The monoisotopic (exact) mass is 372 g/mol. The number of rotatable bonds is 5. The number of carbonyl (C=O) groups excluding carboxylic acids is 1. The molecule has 0 N–H and O–H groups in total. The highest BCUT2D eigenvalue weighted by Crippen LogP contribution is 2.23. The molecule has 1 aromatic carbocycles. The molecule has 3 aromatic rings. The lowest BCUT2D eigenvalue weighted by Crippen LogP contribution is -2.19. The predicted octanol–water partition coefficient (Wildman–Crippen LogP) is 4.17. The fourth-order valence-electron chi connectivity index (χ4n) is 2.67. The molecular formula is C19H20N2O2S2. The maximum Gasteiger partial charge on any atom is 0.272 e. The van der Waals surface area contributed by atoms with Gasteiger partial charge in [0.15, 0.2) is 4.80 Å². The largest absolute Gasteiger partial charge is 0.383 e. The topological polar surface area (TPSA) is 43.6 Å². The van der Waals surface area contributed by atoms with Gasteiger partial charge in [0, 0.05) is 24.6 Å². The van der Waals surface area contributed by atoms with E-state index >= 15 is 0 Å². The van der Waals surface area contributed by atoms with Crippen LogP contribution in [-0.4, -0.2) is 24.2 Å². The van der Waals surface area contributed by atoms with Crippen molar-refractivity contribution in [2.75, 3.05) is 13.7 Å². The first-order valence-electron chi connectivity index (χ1n) is 7.98. The molecule has 0 saturated heterocycles. The molecule has 1 amide bonds. The molecule has 0 saturated carbocycles. The second-order valence-corrected chi connectivity index (χ2v) is 7.71. The van der Waals surface area contributed by atoms with Crippen molar-refractivity contribution in [2.24, 2.45) is 4.99 Å². The van der Waals surface area contributed by atoms with E-state index in [2.05, 4.69) is 35.5 Å². The summed E-state index contributed by atoms with van der Waals surface area (Å²) in [7, 11) is 1.68. The Balaban J connectivity index is 2.04. The summed E-state index contributed by atoms with van der Waals surface area (Å²) < 4.78 is 8.46. The number of thiazole rings is 1. The summed E-state index contributed by atoms with van der Waals surface area (Å²) in [6.45, 7) is 5.41. The summed E-state index contributed by atoms with van der Waals surface area (Å²) in [6.07, 6.45) is 3.33. The Hall–Kier alpha value is -2.02. The van der Waals surface area contributed by atoms with Crippen molar-refractivity contribution in [3.8, 4) is 0 Å². The molecule has 4 nitrogen and oxygen atoms in total. The molecule has 2 aromatic heterocycles. The molecular weight excluding hydrogens is 352 g/mol. The van der Waals surface area contributed by atoms with E-state index in [0.29, 0.717) is 18.0 Å². The van der Waals surface area contributed by atoms with E-state index in [9.17, 15) is 4.79 Å². The number of hydrogen-bond acceptors (Lipinski definition) is 4. The van der Waals surface area contributed by atoms with Crippen LogP contribution in [0.2, 0.25) is 0 Å². The quantitative estimate of drug-likeness (QED) is 0.631. The summed E-state index contributed by atoms with van der Waals surface area (Å²) in [5.41, 5.74) is 3.51. The van der Waals surface area contributed by atoms with Gasteiger partial charge in [0.05, 0.1) is 16.8 Å². The first-order chi connectivity index (χ1) is 12.1. The van der Waals surface area contributed by atoms with Crippen LogP contribution >= 0.6 is 22.7 Å². The fraction of sp³-hybridized carbons (Fsp3) is 0.263. The molecule has 0 atom stereocenters. The number of ether oxygens (including phenoxy) is 1. The first-order valence-corrected chi connectivity index (χ1v) is 9.68. The minimum Gasteiger partial charge on any atom is -0.383 e. The van der Waals surface area contributed by atoms with Gasteiger partial charge in [-0.15, -0.1) is 11.3 Å². The van der Waals surface area contributed by atoms with Gasteiger partial charge in [-0.05, 0) is 48.6 Å². The van der Waals surface area contributed by atoms with Crippen molar-refractivity contribution in [3.05, 3.63) is 56.5 Å². The highest BCUT2D eigenvalue weighted by atomic mass is 32.1. The van der Waals surface area contributed by atoms with E-state index < -0.39 is 0 Å². The van der Waals surface area contributed by atoms with Gasteiger partial charge in [-0.2, -0.15) is 4.99 Å². The van der Waals surface area contributed by atoms with E-state index in [-0.39, 0.29) is 5.91 Å². The van der Waals surface area contributed by atoms with Crippen LogP contribution in [0.3, 0.4) is 0 Å². The highest BCUT2D eigenvalue weighted by molar-refractivity contribution is 7.16. The van der Waals surface area contributed by atoms with Crippen molar-refractivity contribution in [1.82, 2.24) is 4.57 Å². The lowest BCUT2D eigenvalue weighted by atomic mass is 10.1. The Bertz CT molecular complexity index is 979. The number of benzene rings is 1. The zero-order valence-corrected chi connectivity index (χ0v) is 16.1. The minimum atomic E-state index is -0.250. The van der Waals surface area contributed by atoms with Gasteiger partial charge in [-0.1, -0.05) is 23.5 Å². The second-order valence-electron chi connectivity index (χ2n) is 5.76. The average Bonchev–Trinajstić information content (AvgIpc) is 3.19. The normalized spacial score (nSPS) is 12.5. The molecule has 130 valence electrons. The summed E-state index contributed by atoms with van der Waals surface area (Å²) in [5, 5.41) is 1.98. The van der Waals surface area contributed by atoms with Crippen LogP contribution in [0.25, 0.3) is 16.3 Å². The van der Waals surface area contributed by atoms with Crippen molar-refractivity contribution < 1.29 is 9.53 Å². The van der Waals surface area contributed by atoms with Gasteiger partial charge >= 0.3 is 0 Å². The fourth-order valence-corrected chi connectivity index (χ4v) is 4.40. The number of carbonyl (C=O) groups is 1. The summed E-state index contributed by atoms with van der Waals surface area (Å²) in [4.78, 5) is 18.3. The van der Waals surface area contributed by atoms with Gasteiger partial charge in [0.1, 0.15) is 0 Å². The smallest absolute Gasteiger partial charge is 0.272 e. The SMILES string of the molecule is COCCn1c(=NC(=O)/C=C/c2cccs2)sc2c(C)cc(C)cc21. The van der Waals surface area contributed by atoms with Crippen LogP contribution in [0.5, 0.6) is 0 Å². The summed E-state index contributed by atoms with van der Waals surface area (Å²) >= 11 is 3.14. The third kappa shape index (κ3) is 4.15. The Morgan fingerprint density at radius 1 is 1.36 bits per heavy atom. The number of nitrogens with zero attached hydrogens (tertiary/aromatic N) is 2. The maximum absolute atomic E-state index is 12.3. The third-order valence-electron chi connectivity index (χ3n) is 3.77. The third-order valence-corrected chi connectivity index (χ3v) is 5.84. The van der Waals surface area contributed by atoms with Crippen LogP contribution in [-0.2, 0) is 16.1 Å². The van der Waals surface area contributed by atoms with Crippen LogP contribution in [0.1, 0.15) is 16.0 Å². The Morgan fingerprint density at radius 3 is 2.92 bits per heavy atom. The van der Waals surface area contributed by atoms with Crippen molar-refractivity contribution in [2.45, 2.75) is 20.4 Å². The summed E-state index contributed by atoms with van der Waals surface area (Å²) in [5.74, 6) is -0.250. The van der Waals surface area contributed by atoms with E-state index in [4.69, 9.17) is 4.74 Å². The van der Waals surface area contributed by atoms with Crippen molar-refractivity contribution in [3.63, 3.8) is 0 Å². The Kier molecular flexibility index (Phi) is 5.63. The van der Waals surface area contributed by atoms with E-state index in [1.807, 2.05) is 17.5 Å². The van der Waals surface area contributed by atoms with Crippen LogP contribution in [0, 0.1) is 13.8 Å². The number of amides is 1. The van der Waals surface area contributed by atoms with Gasteiger partial charge in [0.2, 0.25) is 0 Å². The van der Waals surface area contributed by atoms with E-state index in [0.717, 1.165) is 15.1 Å². The molecule has 0 fully saturated rings. The number of aryl methyl sites for hydroxylation is 2. The highest BCUT2D eigenvalue weighted by Gasteiger charge is 2.10. The molecule has 0 aliphatic carbocycles. The molecule has 3 rings (SSSR count). The molecule has 0 spiro atoms. The average molecular weight is 373 g/mol. The standard InChI is InChI=1S/C19H20N2O2S2/c1-13-11-14(2)18-16(12-13)21(8-9-23-3)19(25-18)20-17(22)7-6-15-5-4-10-24-15/h4-7,10-12H,8-9H2,1-3H3/b7-6+,20-19?. The molecule has 6 heteroatoms. The van der Waals surface area contributed by atoms with Crippen LogP contribution in [0.4, 0.5) is 0 Å². The lowest BCUT2D eigenvalue weighted by molar-refractivity contribution is -0.113.